The van der Waals surface area contributed by atoms with Crippen LogP contribution in [-0.2, 0) is 4.79 Å². The quantitative estimate of drug-likeness (QED) is 0.828. The Balaban J connectivity index is 1.55. The Hall–Kier alpha value is -2.53. The first-order chi connectivity index (χ1) is 12.0. The molecular weight excluding hydrogens is 340 g/mol. The number of benzene rings is 2. The molecule has 0 aliphatic heterocycles. The summed E-state index contributed by atoms with van der Waals surface area (Å²) in [4.78, 5) is 24.2. The van der Waals surface area contributed by atoms with Gasteiger partial charge in [0.05, 0.1) is 0 Å². The van der Waals surface area contributed by atoms with E-state index in [1.165, 1.54) is 0 Å². The minimum atomic E-state index is -0.684. The first-order valence-corrected chi connectivity index (χ1v) is 8.53. The Labute approximate surface area is 151 Å². The van der Waals surface area contributed by atoms with Crippen LogP contribution in [0.1, 0.15) is 30.1 Å². The fraction of sp³-hybridized carbons (Fsp3) is 0.263. The number of carbonyl (C=O) groups excluding carboxylic acids is 2. The predicted octanol–water partition coefficient (Wildman–Crippen LogP) is 3.64. The van der Waals surface area contributed by atoms with Gasteiger partial charge in [-0.2, -0.15) is 0 Å². The molecule has 0 bridgehead atoms. The van der Waals surface area contributed by atoms with E-state index >= 15 is 0 Å². The van der Waals surface area contributed by atoms with E-state index in [0.717, 1.165) is 12.8 Å². The highest BCUT2D eigenvalue weighted by Crippen LogP contribution is 2.20. The van der Waals surface area contributed by atoms with Gasteiger partial charge in [0.25, 0.3) is 11.8 Å². The van der Waals surface area contributed by atoms with Gasteiger partial charge < -0.3 is 15.4 Å². The second-order valence-corrected chi connectivity index (χ2v) is 6.47. The van der Waals surface area contributed by atoms with Crippen LogP contribution >= 0.6 is 11.6 Å². The van der Waals surface area contributed by atoms with E-state index < -0.39 is 6.10 Å². The fourth-order valence-corrected chi connectivity index (χ4v) is 2.42. The Kier molecular flexibility index (Phi) is 5.24. The minimum Gasteiger partial charge on any atom is -0.481 e. The summed E-state index contributed by atoms with van der Waals surface area (Å²) in [6.45, 7) is 1.66. The molecule has 1 unspecified atom stereocenters. The summed E-state index contributed by atoms with van der Waals surface area (Å²) < 4.78 is 5.58. The van der Waals surface area contributed by atoms with Crippen molar-refractivity contribution in [2.75, 3.05) is 5.32 Å². The van der Waals surface area contributed by atoms with Gasteiger partial charge >= 0.3 is 0 Å². The van der Waals surface area contributed by atoms with Crippen molar-refractivity contribution in [3.63, 3.8) is 0 Å². The maximum absolute atomic E-state index is 12.2. The Morgan fingerprint density at radius 2 is 1.88 bits per heavy atom. The van der Waals surface area contributed by atoms with Crippen LogP contribution in [0.15, 0.2) is 48.5 Å². The molecule has 2 aromatic rings. The summed E-state index contributed by atoms with van der Waals surface area (Å²) in [6.07, 6.45) is 1.41. The van der Waals surface area contributed by atoms with Gasteiger partial charge in [-0.05, 0) is 62.2 Å². The van der Waals surface area contributed by atoms with Crippen molar-refractivity contribution in [2.24, 2.45) is 0 Å². The van der Waals surface area contributed by atoms with Crippen molar-refractivity contribution in [1.29, 1.82) is 0 Å². The van der Waals surface area contributed by atoms with E-state index in [0.29, 0.717) is 28.1 Å². The molecule has 1 aliphatic carbocycles. The molecule has 1 fully saturated rings. The van der Waals surface area contributed by atoms with E-state index in [4.69, 9.17) is 16.3 Å². The summed E-state index contributed by atoms with van der Waals surface area (Å²) in [7, 11) is 0. The second-order valence-electron chi connectivity index (χ2n) is 6.03. The normalized spacial score (nSPS) is 14.5. The maximum atomic E-state index is 12.2. The van der Waals surface area contributed by atoms with Gasteiger partial charge in [-0.1, -0.05) is 17.7 Å². The first kappa shape index (κ1) is 17.3. The molecule has 130 valence electrons. The van der Waals surface area contributed by atoms with Crippen LogP contribution in [0.5, 0.6) is 5.75 Å². The molecule has 2 N–H and O–H groups in total. The van der Waals surface area contributed by atoms with Crippen molar-refractivity contribution in [3.8, 4) is 5.75 Å². The lowest BCUT2D eigenvalue weighted by Crippen LogP contribution is -2.30. The molecule has 2 aromatic carbocycles. The number of halogens is 1. The minimum absolute atomic E-state index is 0.0852. The van der Waals surface area contributed by atoms with Crippen LogP contribution in [0, 0.1) is 0 Å². The third-order valence-electron chi connectivity index (χ3n) is 3.81. The number of anilines is 1. The number of rotatable bonds is 6. The average molecular weight is 359 g/mol. The van der Waals surface area contributed by atoms with Gasteiger partial charge in [0.1, 0.15) is 5.75 Å². The van der Waals surface area contributed by atoms with Crippen molar-refractivity contribution in [2.45, 2.75) is 31.9 Å². The van der Waals surface area contributed by atoms with Crippen LogP contribution in [0.4, 0.5) is 5.69 Å². The van der Waals surface area contributed by atoms with E-state index in [1.54, 1.807) is 55.5 Å². The molecule has 0 saturated heterocycles. The maximum Gasteiger partial charge on any atom is 0.265 e. The molecule has 1 saturated carbocycles. The highest BCUT2D eigenvalue weighted by Gasteiger charge is 2.23. The van der Waals surface area contributed by atoms with Crippen molar-refractivity contribution < 1.29 is 14.3 Å². The molecule has 0 radical (unpaired) electrons. The Morgan fingerprint density at radius 3 is 2.52 bits per heavy atom. The zero-order chi connectivity index (χ0) is 17.8. The number of hydrogen-bond donors (Lipinski definition) is 2. The van der Waals surface area contributed by atoms with Crippen LogP contribution in [-0.4, -0.2) is 24.0 Å². The smallest absolute Gasteiger partial charge is 0.265 e. The Morgan fingerprint density at radius 1 is 1.16 bits per heavy atom. The molecule has 1 aliphatic rings. The van der Waals surface area contributed by atoms with Crippen LogP contribution in [0.25, 0.3) is 0 Å². The van der Waals surface area contributed by atoms with Crippen LogP contribution in [0.2, 0.25) is 5.02 Å². The standard InChI is InChI=1S/C19H19ClN2O3/c1-12(25-17-4-2-3-14(20)11-17)18(23)21-15-7-5-13(6-8-15)19(24)22-16-9-10-16/h2-8,11-12,16H,9-10H2,1H3,(H,21,23)(H,22,24). The number of ether oxygens (including phenoxy) is 1. The summed E-state index contributed by atoms with van der Waals surface area (Å²) >= 11 is 5.90. The van der Waals surface area contributed by atoms with Gasteiger partial charge in [0, 0.05) is 22.3 Å². The molecule has 5 nitrogen and oxygen atoms in total. The summed E-state index contributed by atoms with van der Waals surface area (Å²) in [5.74, 6) is 0.162. The lowest BCUT2D eigenvalue weighted by molar-refractivity contribution is -0.122. The zero-order valence-electron chi connectivity index (χ0n) is 13.8. The van der Waals surface area contributed by atoms with Crippen LogP contribution < -0.4 is 15.4 Å². The third kappa shape index (κ3) is 4.97. The first-order valence-electron chi connectivity index (χ1n) is 8.15. The van der Waals surface area contributed by atoms with Crippen molar-refractivity contribution in [1.82, 2.24) is 5.32 Å². The van der Waals surface area contributed by atoms with E-state index in [1.807, 2.05) is 0 Å². The van der Waals surface area contributed by atoms with Crippen molar-refractivity contribution >= 4 is 29.1 Å². The SMILES string of the molecule is CC(Oc1cccc(Cl)c1)C(=O)Nc1ccc(C(=O)NC2CC2)cc1. The van der Waals surface area contributed by atoms with Crippen LogP contribution in [0.3, 0.4) is 0 Å². The second kappa shape index (κ2) is 7.57. The van der Waals surface area contributed by atoms with Gasteiger partial charge in [-0.3, -0.25) is 9.59 Å². The molecule has 0 aromatic heterocycles. The Bertz CT molecular complexity index is 772. The molecule has 3 rings (SSSR count). The lowest BCUT2D eigenvalue weighted by atomic mass is 10.2. The van der Waals surface area contributed by atoms with E-state index in [2.05, 4.69) is 10.6 Å². The number of amides is 2. The van der Waals surface area contributed by atoms with Gasteiger partial charge in [-0.25, -0.2) is 0 Å². The fourth-order valence-electron chi connectivity index (χ4n) is 2.24. The number of hydrogen-bond acceptors (Lipinski definition) is 3. The largest absolute Gasteiger partial charge is 0.481 e. The van der Waals surface area contributed by atoms with Gasteiger partial charge in [0.2, 0.25) is 0 Å². The number of nitrogens with one attached hydrogen (secondary N) is 2. The third-order valence-corrected chi connectivity index (χ3v) is 4.04. The summed E-state index contributed by atoms with van der Waals surface area (Å²) in [5, 5.41) is 6.24. The molecular formula is C19H19ClN2O3. The highest BCUT2D eigenvalue weighted by molar-refractivity contribution is 6.30. The molecule has 6 heteroatoms. The van der Waals surface area contributed by atoms with E-state index in [9.17, 15) is 9.59 Å². The van der Waals surface area contributed by atoms with Gasteiger partial charge in [0.15, 0.2) is 6.10 Å². The summed E-state index contributed by atoms with van der Waals surface area (Å²) in [5.41, 5.74) is 1.18. The van der Waals surface area contributed by atoms with E-state index in [-0.39, 0.29) is 11.8 Å². The average Bonchev–Trinajstić information content (AvgIpc) is 3.39. The zero-order valence-corrected chi connectivity index (χ0v) is 14.5. The summed E-state index contributed by atoms with van der Waals surface area (Å²) in [6, 6.07) is 14.0. The topological polar surface area (TPSA) is 67.4 Å². The lowest BCUT2D eigenvalue weighted by Gasteiger charge is -2.15. The number of carbonyl (C=O) groups is 2. The molecule has 0 spiro atoms. The van der Waals surface area contributed by atoms with Crippen molar-refractivity contribution in [3.05, 3.63) is 59.1 Å². The van der Waals surface area contributed by atoms with Gasteiger partial charge in [-0.15, -0.1) is 0 Å². The molecule has 1 atom stereocenters. The highest BCUT2D eigenvalue weighted by atomic mass is 35.5. The predicted molar refractivity (Wildman–Crippen MR) is 97.1 cm³/mol. The molecule has 0 heterocycles. The monoisotopic (exact) mass is 358 g/mol. The molecule has 25 heavy (non-hydrogen) atoms. The molecule has 2 amide bonds.